The highest BCUT2D eigenvalue weighted by Gasteiger charge is 2.32. The van der Waals surface area contributed by atoms with Gasteiger partial charge >= 0.3 is 0 Å². The zero-order chi connectivity index (χ0) is 38.2. The summed E-state index contributed by atoms with van der Waals surface area (Å²) in [5, 5.41) is 15.2. The maximum Gasteiger partial charge on any atom is 0.274 e. The van der Waals surface area contributed by atoms with E-state index in [9.17, 15) is 19.2 Å². The van der Waals surface area contributed by atoms with Crippen LogP contribution in [0.2, 0.25) is 0 Å². The molecule has 0 radical (unpaired) electrons. The van der Waals surface area contributed by atoms with Crippen LogP contribution < -0.4 is 9.46 Å². The topological polar surface area (TPSA) is 123 Å². The van der Waals surface area contributed by atoms with Crippen LogP contribution in [0.25, 0.3) is 5.69 Å². The molecule has 4 aromatic carbocycles. The first kappa shape index (κ1) is 38.6. The first-order valence-corrected chi connectivity index (χ1v) is 19.9. The standard InChI is InChI=1S/C43H49N5O5S/c1-5-7-23-46(24-8-6-2)43(51)40-25-31(4)48(44-40)41-22-15-34(27-39(41)42(50)47-28-33-12-10-9-11-32(33)26-35(47)29-49)45-54(52)38-20-18-37(19-21-38)53-36-16-13-30(3)14-17-36/h9-22,25,27,35,45,49H,5-8,23-24,26,28-29H2,1-4H3/t35-,54?/m0/s1. The summed E-state index contributed by atoms with van der Waals surface area (Å²) < 4.78 is 24.3. The Morgan fingerprint density at radius 1 is 0.907 bits per heavy atom. The number of nitrogens with zero attached hydrogens (tertiary/aromatic N) is 4. The van der Waals surface area contributed by atoms with Gasteiger partial charge in [-0.2, -0.15) is 5.10 Å². The molecule has 0 spiro atoms. The number of rotatable bonds is 15. The molecule has 1 unspecified atom stereocenters. The predicted molar refractivity (Wildman–Crippen MR) is 213 cm³/mol. The monoisotopic (exact) mass is 747 g/mol. The number of ether oxygens (including phenoxy) is 1. The van der Waals surface area contributed by atoms with Gasteiger partial charge < -0.3 is 24.2 Å². The van der Waals surface area contributed by atoms with Gasteiger partial charge in [0.25, 0.3) is 11.8 Å². The Labute approximate surface area is 321 Å². The van der Waals surface area contributed by atoms with Crippen molar-refractivity contribution in [1.82, 2.24) is 19.6 Å². The summed E-state index contributed by atoms with van der Waals surface area (Å²) in [6.45, 7) is 9.52. The number of fused-ring (bicyclic) bond motifs is 1. The third-order valence-electron chi connectivity index (χ3n) is 9.74. The fourth-order valence-electron chi connectivity index (χ4n) is 6.64. The molecule has 1 aliphatic heterocycles. The summed E-state index contributed by atoms with van der Waals surface area (Å²) >= 11 is -1.67. The van der Waals surface area contributed by atoms with E-state index in [-0.39, 0.29) is 18.4 Å². The van der Waals surface area contributed by atoms with E-state index in [4.69, 9.17) is 9.84 Å². The normalized spacial score (nSPS) is 14.3. The van der Waals surface area contributed by atoms with E-state index in [0.717, 1.165) is 42.4 Å². The fraction of sp³-hybridized carbons (Fsp3) is 0.326. The Hall–Kier alpha value is -5.10. The number of hydrogen-bond donors (Lipinski definition) is 2. The molecule has 1 aliphatic rings. The van der Waals surface area contributed by atoms with Gasteiger partial charge in [-0.25, -0.2) is 9.40 Å². The first-order valence-electron chi connectivity index (χ1n) is 18.7. The van der Waals surface area contributed by atoms with Crippen molar-refractivity contribution >= 4 is 28.9 Å². The molecule has 282 valence electrons. The molecule has 0 bridgehead atoms. The molecule has 1 aromatic heterocycles. The summed E-state index contributed by atoms with van der Waals surface area (Å²) in [6, 6.07) is 29.2. The van der Waals surface area contributed by atoms with Crippen molar-refractivity contribution in [2.45, 2.75) is 77.3 Å². The number of aliphatic hydroxyl groups excluding tert-OH is 1. The quantitative estimate of drug-likeness (QED) is 0.104. The van der Waals surface area contributed by atoms with Crippen LogP contribution in [0.1, 0.15) is 82.8 Å². The Kier molecular flexibility index (Phi) is 12.7. The van der Waals surface area contributed by atoms with Crippen molar-refractivity contribution in [2.75, 3.05) is 24.4 Å². The van der Waals surface area contributed by atoms with Crippen molar-refractivity contribution in [2.24, 2.45) is 0 Å². The number of aliphatic hydroxyl groups is 1. The van der Waals surface area contributed by atoms with Crippen LogP contribution >= 0.6 is 0 Å². The molecule has 0 saturated heterocycles. The van der Waals surface area contributed by atoms with Gasteiger partial charge in [-0.05, 0) is 105 Å². The second-order valence-corrected chi connectivity index (χ2v) is 15.0. The molecule has 0 saturated carbocycles. The van der Waals surface area contributed by atoms with E-state index in [1.807, 2.05) is 67.3 Å². The fourth-order valence-corrected chi connectivity index (χ4v) is 7.48. The smallest absolute Gasteiger partial charge is 0.274 e. The zero-order valence-corrected chi connectivity index (χ0v) is 32.3. The molecule has 11 heteroatoms. The van der Waals surface area contributed by atoms with Crippen LogP contribution in [0.5, 0.6) is 11.5 Å². The minimum absolute atomic E-state index is 0.136. The van der Waals surface area contributed by atoms with E-state index in [1.165, 1.54) is 0 Å². The van der Waals surface area contributed by atoms with Crippen LogP contribution in [-0.2, 0) is 24.3 Å². The predicted octanol–water partition coefficient (Wildman–Crippen LogP) is 8.02. The van der Waals surface area contributed by atoms with Crippen LogP contribution in [-0.4, -0.2) is 66.8 Å². The molecule has 2 atom stereocenters. The van der Waals surface area contributed by atoms with Crippen molar-refractivity contribution < 1.29 is 24.0 Å². The number of unbranched alkanes of at least 4 members (excludes halogenated alkanes) is 2. The zero-order valence-electron chi connectivity index (χ0n) is 31.5. The van der Waals surface area contributed by atoms with Crippen molar-refractivity contribution in [1.29, 1.82) is 0 Å². The lowest BCUT2D eigenvalue weighted by molar-refractivity contribution is 0.0544. The lowest BCUT2D eigenvalue weighted by atomic mass is 9.93. The highest BCUT2D eigenvalue weighted by molar-refractivity contribution is 7.92. The Balaban J connectivity index is 1.31. The third kappa shape index (κ3) is 8.98. The van der Waals surface area contributed by atoms with Gasteiger partial charge in [0, 0.05) is 25.3 Å². The highest BCUT2D eigenvalue weighted by Crippen LogP contribution is 2.30. The van der Waals surface area contributed by atoms with Crippen molar-refractivity contribution in [3.05, 3.63) is 131 Å². The number of aromatic nitrogens is 2. The van der Waals surface area contributed by atoms with Crippen molar-refractivity contribution in [3.63, 3.8) is 0 Å². The Morgan fingerprint density at radius 3 is 2.20 bits per heavy atom. The number of carbonyl (C=O) groups excluding carboxylic acids is 2. The number of aryl methyl sites for hydroxylation is 2. The number of carbonyl (C=O) groups is 2. The van der Waals surface area contributed by atoms with Gasteiger partial charge in [0.05, 0.1) is 29.6 Å². The highest BCUT2D eigenvalue weighted by atomic mass is 32.2. The van der Waals surface area contributed by atoms with Gasteiger partial charge in [0.1, 0.15) is 22.9 Å². The molecule has 0 aliphatic carbocycles. The molecule has 2 N–H and O–H groups in total. The van der Waals surface area contributed by atoms with Gasteiger partial charge in [0.15, 0.2) is 10.6 Å². The summed E-state index contributed by atoms with van der Waals surface area (Å²) in [4.78, 5) is 32.5. The summed E-state index contributed by atoms with van der Waals surface area (Å²) in [5.41, 5.74) is 5.51. The number of hydrogen-bond acceptors (Lipinski definition) is 7. The molecular weight excluding hydrogens is 699 g/mol. The largest absolute Gasteiger partial charge is 0.588 e. The van der Waals surface area contributed by atoms with Gasteiger partial charge in [-0.1, -0.05) is 68.7 Å². The van der Waals surface area contributed by atoms with E-state index in [0.29, 0.717) is 70.8 Å². The maximum absolute atomic E-state index is 14.7. The second-order valence-electron chi connectivity index (χ2n) is 13.8. The average molecular weight is 748 g/mol. The first-order chi connectivity index (χ1) is 26.2. The molecule has 6 rings (SSSR count). The van der Waals surface area contributed by atoms with Crippen LogP contribution in [0.4, 0.5) is 5.69 Å². The molecule has 2 amide bonds. The number of anilines is 1. The van der Waals surface area contributed by atoms with Gasteiger partial charge in [-0.15, -0.1) is 0 Å². The number of nitrogens with one attached hydrogen (secondary N) is 1. The molecule has 54 heavy (non-hydrogen) atoms. The minimum Gasteiger partial charge on any atom is -0.588 e. The number of amides is 2. The minimum atomic E-state index is -1.67. The third-order valence-corrected chi connectivity index (χ3v) is 10.9. The van der Waals surface area contributed by atoms with E-state index < -0.39 is 17.4 Å². The summed E-state index contributed by atoms with van der Waals surface area (Å²) in [5.74, 6) is 0.883. The van der Waals surface area contributed by atoms with Crippen molar-refractivity contribution in [3.8, 4) is 17.2 Å². The number of benzene rings is 4. The molecule has 0 fully saturated rings. The average Bonchev–Trinajstić information content (AvgIpc) is 3.58. The molecule has 2 heterocycles. The molecule has 5 aromatic rings. The molecule has 10 nitrogen and oxygen atoms in total. The summed E-state index contributed by atoms with van der Waals surface area (Å²) in [6.07, 6.45) is 4.28. The SMILES string of the molecule is CCCCN(CCCC)C(=O)c1cc(C)n(-c2ccc(N[S+]([O-])c3ccc(Oc4ccc(C)cc4)cc3)cc2C(=O)N2Cc3ccccc3C[C@H]2CO)n1. The Morgan fingerprint density at radius 2 is 1.56 bits per heavy atom. The maximum atomic E-state index is 14.7. The van der Waals surface area contributed by atoms with Crippen LogP contribution in [0, 0.1) is 13.8 Å². The lowest BCUT2D eigenvalue weighted by Gasteiger charge is -2.36. The molecular formula is C43H49N5O5S. The summed E-state index contributed by atoms with van der Waals surface area (Å²) in [7, 11) is 0. The van der Waals surface area contributed by atoms with Gasteiger partial charge in [0.2, 0.25) is 0 Å². The lowest BCUT2D eigenvalue weighted by Crippen LogP contribution is -2.46. The van der Waals surface area contributed by atoms with Crippen LogP contribution in [0.3, 0.4) is 0 Å². The Bertz CT molecular complexity index is 2040. The van der Waals surface area contributed by atoms with Gasteiger partial charge in [-0.3, -0.25) is 9.59 Å². The van der Waals surface area contributed by atoms with E-state index in [2.05, 4.69) is 18.6 Å². The van der Waals surface area contributed by atoms with E-state index in [1.54, 1.807) is 58.1 Å². The van der Waals surface area contributed by atoms with E-state index >= 15 is 0 Å². The second kappa shape index (κ2) is 17.8. The van der Waals surface area contributed by atoms with Crippen LogP contribution in [0.15, 0.2) is 102 Å².